The van der Waals surface area contributed by atoms with Crippen molar-refractivity contribution in [2.45, 2.75) is 36.8 Å². The number of fused-ring (bicyclic) bond motifs is 1. The van der Waals surface area contributed by atoms with Gasteiger partial charge >= 0.3 is 6.18 Å². The lowest BCUT2D eigenvalue weighted by atomic mass is 9.80. The number of hydrogen-bond donors (Lipinski definition) is 1. The van der Waals surface area contributed by atoms with Gasteiger partial charge in [0.2, 0.25) is 0 Å². The van der Waals surface area contributed by atoms with E-state index in [9.17, 15) is 26.4 Å². The number of pyridine rings is 1. The Hall–Kier alpha value is -3.44. The van der Waals surface area contributed by atoms with Crippen molar-refractivity contribution in [1.29, 1.82) is 0 Å². The topological polar surface area (TPSA) is 103 Å². The van der Waals surface area contributed by atoms with E-state index in [1.165, 1.54) is 57.6 Å². The Kier molecular flexibility index (Phi) is 7.95. The molecule has 8 nitrogen and oxygen atoms in total. The summed E-state index contributed by atoms with van der Waals surface area (Å²) >= 11 is 0. The second kappa shape index (κ2) is 10.4. The molecule has 14 heteroatoms. The maximum absolute atomic E-state index is 15.2. The zero-order valence-electron chi connectivity index (χ0n) is 20.5. The zero-order valence-corrected chi connectivity index (χ0v) is 22.7. The molecule has 2 heterocycles. The lowest BCUT2D eigenvalue weighted by Crippen LogP contribution is -2.28. The van der Waals surface area contributed by atoms with E-state index in [1.54, 1.807) is 0 Å². The molecule has 2 aromatic heterocycles. The third kappa shape index (κ3) is 5.83. The molecule has 4 rings (SSSR count). The molecule has 1 atom stereocenters. The van der Waals surface area contributed by atoms with Crippen molar-refractivity contribution < 1.29 is 35.2 Å². The van der Waals surface area contributed by atoms with E-state index in [4.69, 9.17) is 4.74 Å². The first-order valence-electron chi connectivity index (χ1n) is 10.8. The van der Waals surface area contributed by atoms with Gasteiger partial charge in [-0.05, 0) is 35.9 Å². The Morgan fingerprint density at radius 2 is 1.79 bits per heavy atom. The minimum atomic E-state index is -4.53. The summed E-state index contributed by atoms with van der Waals surface area (Å²) in [6.45, 7) is 2.52. The molecular weight excluding hydrogens is 549 g/mol. The van der Waals surface area contributed by atoms with Crippen LogP contribution < -0.4 is 15.0 Å². The molecule has 0 aliphatic heterocycles. The van der Waals surface area contributed by atoms with Gasteiger partial charge in [-0.1, -0.05) is 19.0 Å². The third-order valence-corrected chi connectivity index (χ3v) is 7.09. The van der Waals surface area contributed by atoms with Crippen LogP contribution in [0.3, 0.4) is 0 Å². The van der Waals surface area contributed by atoms with Gasteiger partial charge in [-0.2, -0.15) is 23.1 Å². The molecule has 1 N–H and O–H groups in total. The average molecular weight is 574 g/mol. The van der Waals surface area contributed by atoms with Crippen molar-refractivity contribution in [3.05, 3.63) is 76.5 Å². The molecule has 0 amide bonds. The van der Waals surface area contributed by atoms with Crippen molar-refractivity contribution >= 4 is 36.6 Å². The molecule has 0 bridgehead atoms. The summed E-state index contributed by atoms with van der Waals surface area (Å²) < 4.78 is 93.2. The highest BCUT2D eigenvalue weighted by Crippen LogP contribution is 2.40. The van der Waals surface area contributed by atoms with Crippen LogP contribution in [0.15, 0.2) is 69.0 Å². The smallest absolute Gasteiger partial charge is 0.389 e. The Labute approximate surface area is 218 Å². The van der Waals surface area contributed by atoms with Crippen molar-refractivity contribution in [2.75, 3.05) is 11.8 Å². The van der Waals surface area contributed by atoms with E-state index < -0.39 is 39.4 Å². The fraction of sp³-hybridized carbons (Fsp3) is 0.250. The number of methoxy groups -OCH3 is 1. The summed E-state index contributed by atoms with van der Waals surface area (Å²) in [4.78, 5) is 12.7. The van der Waals surface area contributed by atoms with Gasteiger partial charge < -0.3 is 9.26 Å². The largest absolute Gasteiger partial charge is 0.495 e. The lowest BCUT2D eigenvalue weighted by molar-refractivity contribution is -0.145. The molecule has 1 unspecified atom stereocenters. The number of benzene rings is 2. The molecule has 0 spiro atoms. The first-order valence-corrected chi connectivity index (χ1v) is 12.2. The van der Waals surface area contributed by atoms with Crippen molar-refractivity contribution in [3.8, 4) is 11.4 Å². The van der Waals surface area contributed by atoms with Gasteiger partial charge in [0.05, 0.1) is 29.6 Å². The number of hydrogen-bond acceptors (Lipinski definition) is 6. The second-order valence-electron chi connectivity index (χ2n) is 8.90. The first kappa shape index (κ1) is 29.1. The Morgan fingerprint density at radius 1 is 1.08 bits per heavy atom. The molecular formula is C24H24F4N3O5PS. The standard InChI is InChI=1S/C24H21F4N3O5S.H3P/c1-23(2,13-24(26,27)28)16-11-20(35-3)19(12-17(16)25)31-18-6-5-15(10-14(18)4-7-22(31)32)37(33,34)30-21-8-9-36-29-21;/h4-12H,13H2,1-3H3,(H,29,30);1H3. The molecule has 4 aromatic rings. The Morgan fingerprint density at radius 3 is 2.39 bits per heavy atom. The number of sulfonamides is 1. The van der Waals surface area contributed by atoms with E-state index in [-0.39, 0.29) is 43.1 Å². The molecule has 0 saturated carbocycles. The van der Waals surface area contributed by atoms with E-state index in [0.29, 0.717) is 5.39 Å². The van der Waals surface area contributed by atoms with Crippen LogP contribution in [0.4, 0.5) is 23.4 Å². The second-order valence-corrected chi connectivity index (χ2v) is 10.6. The monoisotopic (exact) mass is 573 g/mol. The third-order valence-electron chi connectivity index (χ3n) is 5.73. The highest BCUT2D eigenvalue weighted by Gasteiger charge is 2.39. The predicted octanol–water partition coefficient (Wildman–Crippen LogP) is 5.22. The SMILES string of the molecule is COc1cc(C(C)(C)CC(F)(F)F)c(F)cc1-n1c(=O)ccc2cc(S(=O)(=O)Nc3ccon3)ccc21.P. The summed E-state index contributed by atoms with van der Waals surface area (Å²) in [6, 6.07) is 9.84. The maximum atomic E-state index is 15.2. The van der Waals surface area contributed by atoms with E-state index in [1.807, 2.05) is 0 Å². The van der Waals surface area contributed by atoms with Gasteiger partial charge in [0.1, 0.15) is 17.8 Å². The minimum absolute atomic E-state index is 0. The zero-order chi connectivity index (χ0) is 27.2. The van der Waals surface area contributed by atoms with Crippen LogP contribution in [0.2, 0.25) is 0 Å². The Bertz CT molecular complexity index is 1640. The average Bonchev–Trinajstić information content (AvgIpc) is 3.29. The molecule has 204 valence electrons. The molecule has 38 heavy (non-hydrogen) atoms. The molecule has 0 saturated heterocycles. The number of rotatable bonds is 7. The van der Waals surface area contributed by atoms with Crippen molar-refractivity contribution in [2.24, 2.45) is 0 Å². The number of nitrogens with one attached hydrogen (secondary N) is 1. The summed E-state index contributed by atoms with van der Waals surface area (Å²) in [7, 11) is -2.81. The fourth-order valence-corrected chi connectivity index (χ4v) is 5.13. The van der Waals surface area contributed by atoms with Crippen LogP contribution in [0.25, 0.3) is 16.6 Å². The van der Waals surface area contributed by atoms with E-state index >= 15 is 4.39 Å². The molecule has 2 aromatic carbocycles. The number of anilines is 1. The van der Waals surface area contributed by atoms with Gasteiger partial charge in [-0.25, -0.2) is 12.8 Å². The maximum Gasteiger partial charge on any atom is 0.389 e. The van der Waals surface area contributed by atoms with Gasteiger partial charge in [0, 0.05) is 29.0 Å². The number of alkyl halides is 3. The summed E-state index contributed by atoms with van der Waals surface area (Å²) in [5.41, 5.74) is -2.28. The Balaban J connectivity index is 0.00000400. The number of nitrogens with zero attached hydrogens (tertiary/aromatic N) is 2. The fourth-order valence-electron chi connectivity index (χ4n) is 4.10. The molecule has 0 aliphatic rings. The van der Waals surface area contributed by atoms with Crippen molar-refractivity contribution in [3.63, 3.8) is 0 Å². The summed E-state index contributed by atoms with van der Waals surface area (Å²) in [5, 5.41) is 3.81. The molecule has 0 fully saturated rings. The summed E-state index contributed by atoms with van der Waals surface area (Å²) in [6.07, 6.45) is -4.61. The molecule has 0 radical (unpaired) electrons. The van der Waals surface area contributed by atoms with Gasteiger partial charge in [-0.15, -0.1) is 0 Å². The minimum Gasteiger partial charge on any atom is -0.495 e. The van der Waals surface area contributed by atoms with Gasteiger partial charge in [-0.3, -0.25) is 14.1 Å². The predicted molar refractivity (Wildman–Crippen MR) is 138 cm³/mol. The first-order chi connectivity index (χ1) is 17.2. The lowest BCUT2D eigenvalue weighted by Gasteiger charge is -2.28. The van der Waals surface area contributed by atoms with E-state index in [2.05, 4.69) is 14.4 Å². The van der Waals surface area contributed by atoms with Crippen LogP contribution in [0.1, 0.15) is 25.8 Å². The van der Waals surface area contributed by atoms with E-state index in [0.717, 1.165) is 22.8 Å². The van der Waals surface area contributed by atoms with Crippen LogP contribution in [0, 0.1) is 5.82 Å². The molecule has 0 aliphatic carbocycles. The quantitative estimate of drug-likeness (QED) is 0.240. The normalized spacial score (nSPS) is 12.3. The van der Waals surface area contributed by atoms with Gasteiger partial charge in [0.25, 0.3) is 15.6 Å². The van der Waals surface area contributed by atoms with Crippen LogP contribution in [-0.4, -0.2) is 31.4 Å². The number of halogens is 4. The van der Waals surface area contributed by atoms with Gasteiger partial charge in [0.15, 0.2) is 5.82 Å². The van der Waals surface area contributed by atoms with Crippen LogP contribution in [-0.2, 0) is 15.4 Å². The van der Waals surface area contributed by atoms with Crippen LogP contribution >= 0.6 is 9.90 Å². The highest BCUT2D eigenvalue weighted by molar-refractivity contribution is 7.92. The van der Waals surface area contributed by atoms with Crippen molar-refractivity contribution in [1.82, 2.24) is 9.72 Å². The number of ether oxygens (including phenoxy) is 1. The summed E-state index contributed by atoms with van der Waals surface area (Å²) in [5.74, 6) is -1.02. The number of aromatic nitrogens is 2. The highest BCUT2D eigenvalue weighted by atomic mass is 32.2. The van der Waals surface area contributed by atoms with Crippen LogP contribution in [0.5, 0.6) is 5.75 Å².